The van der Waals surface area contributed by atoms with Gasteiger partial charge in [-0.3, -0.25) is 4.79 Å². The minimum Gasteiger partial charge on any atom is -0.355 e. The number of benzene rings is 1. The number of amides is 1. The van der Waals surface area contributed by atoms with Crippen molar-refractivity contribution in [3.05, 3.63) is 29.3 Å². The first kappa shape index (κ1) is 20.9. The lowest BCUT2D eigenvalue weighted by Gasteiger charge is -2.30. The van der Waals surface area contributed by atoms with Crippen molar-refractivity contribution < 1.29 is 13.2 Å². The van der Waals surface area contributed by atoms with Gasteiger partial charge in [-0.1, -0.05) is 13.0 Å². The molecule has 1 heterocycles. The molecule has 0 spiro atoms. The Hall–Kier alpha value is -1.44. The Labute approximate surface area is 157 Å². The van der Waals surface area contributed by atoms with Crippen LogP contribution in [0.4, 0.5) is 0 Å². The molecule has 7 heteroatoms. The van der Waals surface area contributed by atoms with Crippen LogP contribution in [0.1, 0.15) is 37.3 Å². The molecule has 1 aromatic rings. The van der Waals surface area contributed by atoms with E-state index in [0.29, 0.717) is 37.4 Å². The van der Waals surface area contributed by atoms with E-state index in [0.717, 1.165) is 30.6 Å². The summed E-state index contributed by atoms with van der Waals surface area (Å²) in [6.07, 6.45) is 2.21. The van der Waals surface area contributed by atoms with Crippen molar-refractivity contribution in [3.8, 4) is 0 Å². The first-order valence-corrected chi connectivity index (χ1v) is 10.9. The number of aryl methyl sites for hydroxylation is 2. The predicted molar refractivity (Wildman–Crippen MR) is 104 cm³/mol. The molecule has 1 aliphatic rings. The highest BCUT2D eigenvalue weighted by Gasteiger charge is 2.32. The lowest BCUT2D eigenvalue weighted by Crippen LogP contribution is -2.44. The summed E-state index contributed by atoms with van der Waals surface area (Å²) in [4.78, 5) is 12.6. The molecular weight excluding hydrogens is 350 g/mol. The van der Waals surface area contributed by atoms with Gasteiger partial charge in [0.15, 0.2) is 0 Å². The van der Waals surface area contributed by atoms with Crippen LogP contribution >= 0.6 is 0 Å². The van der Waals surface area contributed by atoms with Crippen molar-refractivity contribution in [2.75, 3.05) is 32.7 Å². The van der Waals surface area contributed by atoms with Crippen molar-refractivity contribution in [2.24, 2.45) is 5.92 Å². The summed E-state index contributed by atoms with van der Waals surface area (Å²) in [5.41, 5.74) is 2.05. The lowest BCUT2D eigenvalue weighted by molar-refractivity contribution is -0.126. The van der Waals surface area contributed by atoms with Gasteiger partial charge in [0.05, 0.1) is 4.90 Å². The van der Waals surface area contributed by atoms with E-state index in [1.165, 1.54) is 4.31 Å². The maximum Gasteiger partial charge on any atom is 0.243 e. The number of hydrogen-bond acceptors (Lipinski definition) is 4. The molecule has 1 saturated heterocycles. The van der Waals surface area contributed by atoms with Crippen LogP contribution in [0.2, 0.25) is 0 Å². The molecule has 0 atom stereocenters. The van der Waals surface area contributed by atoms with Crippen molar-refractivity contribution in [1.29, 1.82) is 0 Å². The average molecular weight is 382 g/mol. The molecule has 1 aliphatic heterocycles. The standard InChI is InChI=1S/C19H31N3O3S/c1-4-9-20-10-11-21-19(23)17-7-12-22(13-8-17)26(24,25)18-6-5-15(2)16(3)14-18/h5-6,14,17,20H,4,7-13H2,1-3H3,(H,21,23). The third-order valence-electron chi connectivity index (χ3n) is 4.97. The van der Waals surface area contributed by atoms with Gasteiger partial charge in [0.25, 0.3) is 0 Å². The Morgan fingerprint density at radius 3 is 2.42 bits per heavy atom. The van der Waals surface area contributed by atoms with Crippen molar-refractivity contribution >= 4 is 15.9 Å². The second-order valence-corrected chi connectivity index (χ2v) is 8.90. The smallest absolute Gasteiger partial charge is 0.243 e. The zero-order valence-corrected chi connectivity index (χ0v) is 16.9. The van der Waals surface area contributed by atoms with Crippen LogP contribution in [0.15, 0.2) is 23.1 Å². The molecule has 0 radical (unpaired) electrons. The summed E-state index contributed by atoms with van der Waals surface area (Å²) < 4.78 is 27.1. The van der Waals surface area contributed by atoms with Gasteiger partial charge in [-0.05, 0) is 62.9 Å². The SMILES string of the molecule is CCCNCCNC(=O)C1CCN(S(=O)(=O)c2ccc(C)c(C)c2)CC1. The van der Waals surface area contributed by atoms with Gasteiger partial charge in [-0.25, -0.2) is 8.42 Å². The molecule has 1 amide bonds. The predicted octanol–water partition coefficient (Wildman–Crippen LogP) is 1.82. The summed E-state index contributed by atoms with van der Waals surface area (Å²) in [5, 5.41) is 6.19. The maximum atomic E-state index is 12.8. The number of rotatable bonds is 8. The number of hydrogen-bond donors (Lipinski definition) is 2. The number of sulfonamides is 1. The number of carbonyl (C=O) groups excluding carboxylic acids is 1. The van der Waals surface area contributed by atoms with Gasteiger partial charge in [-0.15, -0.1) is 0 Å². The van der Waals surface area contributed by atoms with Crippen LogP contribution < -0.4 is 10.6 Å². The topological polar surface area (TPSA) is 78.5 Å². The van der Waals surface area contributed by atoms with E-state index in [-0.39, 0.29) is 11.8 Å². The van der Waals surface area contributed by atoms with E-state index in [1.807, 2.05) is 19.9 Å². The Morgan fingerprint density at radius 2 is 1.81 bits per heavy atom. The van der Waals surface area contributed by atoms with Crippen LogP contribution in [0.5, 0.6) is 0 Å². The van der Waals surface area contributed by atoms with Crippen LogP contribution in [0, 0.1) is 19.8 Å². The van der Waals surface area contributed by atoms with Gasteiger partial charge in [0, 0.05) is 32.1 Å². The molecule has 146 valence electrons. The van der Waals surface area contributed by atoms with E-state index >= 15 is 0 Å². The summed E-state index contributed by atoms with van der Waals surface area (Å²) in [7, 11) is -3.49. The van der Waals surface area contributed by atoms with Crippen molar-refractivity contribution in [1.82, 2.24) is 14.9 Å². The fourth-order valence-corrected chi connectivity index (χ4v) is 4.66. The van der Waals surface area contributed by atoms with Gasteiger partial charge >= 0.3 is 0 Å². The largest absolute Gasteiger partial charge is 0.355 e. The highest BCUT2D eigenvalue weighted by atomic mass is 32.2. The Balaban J connectivity index is 1.87. The summed E-state index contributed by atoms with van der Waals surface area (Å²) in [6.45, 7) is 9.09. The molecular formula is C19H31N3O3S. The normalized spacial score (nSPS) is 16.6. The molecule has 0 bridgehead atoms. The third-order valence-corrected chi connectivity index (χ3v) is 6.86. The second kappa shape index (κ2) is 9.48. The van der Waals surface area contributed by atoms with E-state index < -0.39 is 10.0 Å². The van der Waals surface area contributed by atoms with E-state index in [2.05, 4.69) is 17.6 Å². The summed E-state index contributed by atoms with van der Waals surface area (Å²) in [5.74, 6) is -0.0705. The van der Waals surface area contributed by atoms with Crippen molar-refractivity contribution in [2.45, 2.75) is 44.9 Å². The molecule has 26 heavy (non-hydrogen) atoms. The second-order valence-electron chi connectivity index (χ2n) is 6.97. The minimum atomic E-state index is -3.49. The number of nitrogens with zero attached hydrogens (tertiary/aromatic N) is 1. The molecule has 0 saturated carbocycles. The first-order chi connectivity index (χ1) is 12.4. The Kier molecular flexibility index (Phi) is 7.61. The zero-order chi connectivity index (χ0) is 19.2. The zero-order valence-electron chi connectivity index (χ0n) is 16.0. The Bertz CT molecular complexity index is 711. The summed E-state index contributed by atoms with van der Waals surface area (Å²) >= 11 is 0. The highest BCUT2D eigenvalue weighted by molar-refractivity contribution is 7.89. The summed E-state index contributed by atoms with van der Waals surface area (Å²) in [6, 6.07) is 5.24. The van der Waals surface area contributed by atoms with E-state index in [4.69, 9.17) is 0 Å². The number of carbonyl (C=O) groups is 1. The first-order valence-electron chi connectivity index (χ1n) is 9.42. The third kappa shape index (κ3) is 5.28. The Morgan fingerprint density at radius 1 is 1.12 bits per heavy atom. The van der Waals surface area contributed by atoms with E-state index in [9.17, 15) is 13.2 Å². The van der Waals surface area contributed by atoms with E-state index in [1.54, 1.807) is 12.1 Å². The van der Waals surface area contributed by atoms with Crippen LogP contribution in [-0.2, 0) is 14.8 Å². The molecule has 1 aromatic carbocycles. The van der Waals surface area contributed by atoms with Crippen molar-refractivity contribution in [3.63, 3.8) is 0 Å². The fourth-order valence-electron chi connectivity index (χ4n) is 3.10. The van der Waals surface area contributed by atoms with Crippen LogP contribution in [0.25, 0.3) is 0 Å². The van der Waals surface area contributed by atoms with Gasteiger partial charge in [-0.2, -0.15) is 4.31 Å². The number of piperidine rings is 1. The minimum absolute atomic E-state index is 0.0338. The van der Waals surface area contributed by atoms with Gasteiger partial charge in [0.1, 0.15) is 0 Å². The fraction of sp³-hybridized carbons (Fsp3) is 0.632. The van der Waals surface area contributed by atoms with Gasteiger partial charge < -0.3 is 10.6 Å². The molecule has 0 aliphatic carbocycles. The highest BCUT2D eigenvalue weighted by Crippen LogP contribution is 2.25. The average Bonchev–Trinajstić information content (AvgIpc) is 2.63. The number of nitrogens with one attached hydrogen (secondary N) is 2. The molecule has 6 nitrogen and oxygen atoms in total. The lowest BCUT2D eigenvalue weighted by atomic mass is 9.97. The molecule has 1 fully saturated rings. The maximum absolute atomic E-state index is 12.8. The monoisotopic (exact) mass is 381 g/mol. The van der Waals surface area contributed by atoms with Crippen LogP contribution in [0.3, 0.4) is 0 Å². The molecule has 2 rings (SSSR count). The molecule has 0 aromatic heterocycles. The van der Waals surface area contributed by atoms with Gasteiger partial charge in [0.2, 0.25) is 15.9 Å². The van der Waals surface area contributed by atoms with Crippen LogP contribution in [-0.4, -0.2) is 51.4 Å². The molecule has 2 N–H and O–H groups in total. The molecule has 0 unspecified atom stereocenters. The quantitative estimate of drug-likeness (QED) is 0.673.